The predicted molar refractivity (Wildman–Crippen MR) is 71.5 cm³/mol. The average Bonchev–Trinajstić information content (AvgIpc) is 2.28. The number of hydrogen-bond acceptors (Lipinski definition) is 3. The van der Waals surface area contributed by atoms with Crippen molar-refractivity contribution in [2.75, 3.05) is 13.1 Å². The van der Waals surface area contributed by atoms with Crippen LogP contribution in [-0.4, -0.2) is 39.6 Å². The van der Waals surface area contributed by atoms with E-state index in [1.54, 1.807) is 12.4 Å². The van der Waals surface area contributed by atoms with Gasteiger partial charge in [-0.1, -0.05) is 0 Å². The van der Waals surface area contributed by atoms with Crippen molar-refractivity contribution in [1.82, 2.24) is 9.88 Å². The minimum absolute atomic E-state index is 0.0114. The third kappa shape index (κ3) is 5.27. The van der Waals surface area contributed by atoms with Crippen LogP contribution >= 0.6 is 0 Å². The molecule has 0 aliphatic carbocycles. The van der Waals surface area contributed by atoms with E-state index in [-0.39, 0.29) is 12.0 Å². The lowest BCUT2D eigenvalue weighted by Gasteiger charge is -2.35. The molecule has 18 heavy (non-hydrogen) atoms. The second-order valence-corrected chi connectivity index (χ2v) is 5.41. The molecule has 0 bridgehead atoms. The molecule has 1 rings (SSSR count). The largest absolute Gasteiger partial charge is 0.481 e. The minimum atomic E-state index is -0.742. The first-order valence-electron chi connectivity index (χ1n) is 6.25. The number of hydrogen-bond donors (Lipinski definition) is 1. The van der Waals surface area contributed by atoms with Gasteiger partial charge in [0.1, 0.15) is 0 Å². The molecular formula is C14H22N2O2. The van der Waals surface area contributed by atoms with E-state index < -0.39 is 5.97 Å². The van der Waals surface area contributed by atoms with Gasteiger partial charge in [-0.2, -0.15) is 0 Å². The summed E-state index contributed by atoms with van der Waals surface area (Å²) in [5.41, 5.74) is 1.22. The quantitative estimate of drug-likeness (QED) is 0.841. The summed E-state index contributed by atoms with van der Waals surface area (Å²) in [7, 11) is 0. The summed E-state index contributed by atoms with van der Waals surface area (Å²) in [6, 6.07) is 4.00. The summed E-state index contributed by atoms with van der Waals surface area (Å²) in [4.78, 5) is 16.9. The molecule has 0 unspecified atom stereocenters. The predicted octanol–water partition coefficient (Wildman–Crippen LogP) is 2.20. The summed E-state index contributed by atoms with van der Waals surface area (Å²) in [6.45, 7) is 7.79. The van der Waals surface area contributed by atoms with Gasteiger partial charge >= 0.3 is 5.97 Å². The van der Waals surface area contributed by atoms with Gasteiger partial charge in [-0.15, -0.1) is 0 Å². The fraction of sp³-hybridized carbons (Fsp3) is 0.571. The third-order valence-corrected chi connectivity index (χ3v) is 2.96. The summed E-state index contributed by atoms with van der Waals surface area (Å²) in [5.74, 6) is -0.742. The maximum atomic E-state index is 10.7. The normalized spacial score (nSPS) is 11.8. The Labute approximate surface area is 109 Å². The van der Waals surface area contributed by atoms with Crippen LogP contribution < -0.4 is 0 Å². The van der Waals surface area contributed by atoms with Gasteiger partial charge in [0.05, 0.1) is 6.42 Å². The zero-order valence-corrected chi connectivity index (χ0v) is 11.4. The molecule has 1 heterocycles. The standard InChI is InChI=1S/C14H22N2O2/c1-14(2,3)16(11-7-13(17)18)10-6-12-4-8-15-9-5-12/h4-5,8-9H,6-7,10-11H2,1-3H3,(H,17,18). The van der Waals surface area contributed by atoms with Crippen molar-refractivity contribution in [2.24, 2.45) is 0 Å². The summed E-state index contributed by atoms with van der Waals surface area (Å²) >= 11 is 0. The van der Waals surface area contributed by atoms with Gasteiger partial charge in [-0.25, -0.2) is 0 Å². The molecule has 0 saturated heterocycles. The summed E-state index contributed by atoms with van der Waals surface area (Å²) < 4.78 is 0. The molecule has 0 aromatic carbocycles. The van der Waals surface area contributed by atoms with Crippen LogP contribution in [0.3, 0.4) is 0 Å². The van der Waals surface area contributed by atoms with E-state index in [2.05, 4.69) is 30.7 Å². The second-order valence-electron chi connectivity index (χ2n) is 5.41. The third-order valence-electron chi connectivity index (χ3n) is 2.96. The maximum absolute atomic E-state index is 10.7. The zero-order valence-electron chi connectivity index (χ0n) is 11.4. The molecule has 0 aliphatic rings. The highest BCUT2D eigenvalue weighted by atomic mass is 16.4. The Kier molecular flexibility index (Phi) is 5.28. The number of nitrogens with zero attached hydrogens (tertiary/aromatic N) is 2. The highest BCUT2D eigenvalue weighted by molar-refractivity contribution is 5.66. The molecule has 0 fully saturated rings. The van der Waals surface area contributed by atoms with Gasteiger partial charge in [-0.3, -0.25) is 14.7 Å². The van der Waals surface area contributed by atoms with Gasteiger partial charge in [0.2, 0.25) is 0 Å². The van der Waals surface area contributed by atoms with Crippen molar-refractivity contribution in [3.05, 3.63) is 30.1 Å². The van der Waals surface area contributed by atoms with E-state index in [1.165, 1.54) is 5.56 Å². The molecular weight excluding hydrogens is 228 g/mol. The van der Waals surface area contributed by atoms with E-state index in [0.29, 0.717) is 6.54 Å². The van der Waals surface area contributed by atoms with Crippen molar-refractivity contribution in [2.45, 2.75) is 39.2 Å². The number of aliphatic carboxylic acids is 1. The van der Waals surface area contributed by atoms with Crippen LogP contribution in [-0.2, 0) is 11.2 Å². The Morgan fingerprint density at radius 3 is 2.39 bits per heavy atom. The van der Waals surface area contributed by atoms with Crippen LogP contribution in [0, 0.1) is 0 Å². The highest BCUT2D eigenvalue weighted by Gasteiger charge is 2.21. The Morgan fingerprint density at radius 1 is 1.28 bits per heavy atom. The van der Waals surface area contributed by atoms with Crippen molar-refractivity contribution in [3.63, 3.8) is 0 Å². The molecule has 4 heteroatoms. The summed E-state index contributed by atoms with van der Waals surface area (Å²) in [6.07, 6.45) is 4.68. The van der Waals surface area contributed by atoms with Crippen LogP contribution in [0.4, 0.5) is 0 Å². The number of carbonyl (C=O) groups is 1. The Morgan fingerprint density at radius 2 is 1.89 bits per heavy atom. The molecule has 1 aromatic heterocycles. The van der Waals surface area contributed by atoms with Crippen molar-refractivity contribution in [1.29, 1.82) is 0 Å². The Bertz CT molecular complexity index is 371. The smallest absolute Gasteiger partial charge is 0.304 e. The lowest BCUT2D eigenvalue weighted by molar-refractivity contribution is -0.137. The van der Waals surface area contributed by atoms with Gasteiger partial charge < -0.3 is 5.11 Å². The SMILES string of the molecule is CC(C)(C)N(CCC(=O)O)CCc1ccncc1. The van der Waals surface area contributed by atoms with E-state index in [9.17, 15) is 4.79 Å². The first kappa shape index (κ1) is 14.6. The number of pyridine rings is 1. The van der Waals surface area contributed by atoms with Gasteiger partial charge in [-0.05, 0) is 44.9 Å². The number of rotatable bonds is 6. The molecule has 1 N–H and O–H groups in total. The van der Waals surface area contributed by atoms with Crippen LogP contribution in [0.25, 0.3) is 0 Å². The van der Waals surface area contributed by atoms with Crippen molar-refractivity contribution in [3.8, 4) is 0 Å². The van der Waals surface area contributed by atoms with Crippen LogP contribution in [0.15, 0.2) is 24.5 Å². The van der Waals surface area contributed by atoms with E-state index >= 15 is 0 Å². The zero-order chi connectivity index (χ0) is 13.6. The fourth-order valence-electron chi connectivity index (χ4n) is 1.83. The number of aromatic nitrogens is 1. The minimum Gasteiger partial charge on any atom is -0.481 e. The number of carboxylic acid groups (broad SMARTS) is 1. The highest BCUT2D eigenvalue weighted by Crippen LogP contribution is 2.14. The maximum Gasteiger partial charge on any atom is 0.304 e. The number of carboxylic acids is 1. The van der Waals surface area contributed by atoms with E-state index in [4.69, 9.17) is 5.11 Å². The molecule has 0 radical (unpaired) electrons. The lowest BCUT2D eigenvalue weighted by atomic mass is 10.0. The van der Waals surface area contributed by atoms with Crippen LogP contribution in [0.2, 0.25) is 0 Å². The van der Waals surface area contributed by atoms with Crippen LogP contribution in [0.5, 0.6) is 0 Å². The topological polar surface area (TPSA) is 53.4 Å². The van der Waals surface area contributed by atoms with Crippen LogP contribution in [0.1, 0.15) is 32.8 Å². The Balaban J connectivity index is 2.54. The summed E-state index contributed by atoms with van der Waals surface area (Å²) in [5, 5.41) is 8.78. The van der Waals surface area contributed by atoms with Crippen molar-refractivity contribution < 1.29 is 9.90 Å². The van der Waals surface area contributed by atoms with Gasteiger partial charge in [0.15, 0.2) is 0 Å². The van der Waals surface area contributed by atoms with Gasteiger partial charge in [0, 0.05) is 31.0 Å². The molecule has 4 nitrogen and oxygen atoms in total. The van der Waals surface area contributed by atoms with E-state index in [0.717, 1.165) is 13.0 Å². The lowest BCUT2D eigenvalue weighted by Crippen LogP contribution is -2.43. The monoisotopic (exact) mass is 250 g/mol. The first-order valence-corrected chi connectivity index (χ1v) is 6.25. The molecule has 0 saturated carbocycles. The van der Waals surface area contributed by atoms with Gasteiger partial charge in [0.25, 0.3) is 0 Å². The van der Waals surface area contributed by atoms with Crippen molar-refractivity contribution >= 4 is 5.97 Å². The molecule has 0 atom stereocenters. The molecule has 100 valence electrons. The molecule has 0 amide bonds. The molecule has 0 aliphatic heterocycles. The second kappa shape index (κ2) is 6.50. The fourth-order valence-corrected chi connectivity index (χ4v) is 1.83. The van der Waals surface area contributed by atoms with E-state index in [1.807, 2.05) is 12.1 Å². The first-order chi connectivity index (χ1) is 8.39. The molecule has 0 spiro atoms. The average molecular weight is 250 g/mol. The molecule has 1 aromatic rings. The Hall–Kier alpha value is -1.42.